The first-order valence-corrected chi connectivity index (χ1v) is 7.89. The van der Waals surface area contributed by atoms with Gasteiger partial charge in [0.2, 0.25) is 5.91 Å². The van der Waals surface area contributed by atoms with Crippen molar-refractivity contribution >= 4 is 11.7 Å². The molecule has 0 spiro atoms. The molecule has 26 heavy (non-hydrogen) atoms. The van der Waals surface area contributed by atoms with Gasteiger partial charge in [0.1, 0.15) is 5.75 Å². The number of aliphatic hydroxyl groups is 1. The van der Waals surface area contributed by atoms with Crippen LogP contribution in [0.5, 0.6) is 5.75 Å². The van der Waals surface area contributed by atoms with Gasteiger partial charge in [-0.3, -0.25) is 9.69 Å². The molecule has 6 nitrogen and oxygen atoms in total. The number of alkyl halides is 3. The Balaban J connectivity index is 1.91. The number of phenols is 1. The van der Waals surface area contributed by atoms with Crippen LogP contribution in [0.4, 0.5) is 19.0 Å². The number of phenolic OH excluding ortho intramolecular Hbond substituents is 1. The maximum absolute atomic E-state index is 12.8. The van der Waals surface area contributed by atoms with Gasteiger partial charge in [-0.15, -0.1) is 10.2 Å². The highest BCUT2D eigenvalue weighted by molar-refractivity contribution is 5.96. The molecule has 2 N–H and O–H groups in total. The minimum atomic E-state index is -4.56. The molecule has 0 aliphatic carbocycles. The van der Waals surface area contributed by atoms with Crippen LogP contribution in [-0.2, 0) is 11.0 Å². The summed E-state index contributed by atoms with van der Waals surface area (Å²) in [5.74, 6) is -0.962. The van der Waals surface area contributed by atoms with E-state index in [1.165, 1.54) is 24.0 Å². The lowest BCUT2D eigenvalue weighted by Crippen LogP contribution is -2.29. The quantitative estimate of drug-likeness (QED) is 0.871. The van der Waals surface area contributed by atoms with E-state index < -0.39 is 23.4 Å². The summed E-state index contributed by atoms with van der Waals surface area (Å²) in [6.45, 7) is 1.61. The number of aryl methyl sites for hydroxylation is 1. The molecule has 1 aromatic carbocycles. The number of amides is 1. The van der Waals surface area contributed by atoms with Gasteiger partial charge in [-0.25, -0.2) is 0 Å². The Kier molecular flexibility index (Phi) is 4.57. The summed E-state index contributed by atoms with van der Waals surface area (Å²) < 4.78 is 38.4. The molecule has 0 saturated carbocycles. The first-order chi connectivity index (χ1) is 12.2. The monoisotopic (exact) mass is 367 g/mol. The standard InChI is InChI=1S/C17H16F3N3O3/c1-9-6-11(17(18,19)20)7-13(25)15(9)12-2-3-14(22-21-12)23-5-4-10(8-24)16(23)26/h2-3,6-7,10,24-25H,4-5,8H2,1H3. The van der Waals surface area contributed by atoms with Crippen molar-refractivity contribution in [1.82, 2.24) is 10.2 Å². The highest BCUT2D eigenvalue weighted by Crippen LogP contribution is 2.38. The molecular weight excluding hydrogens is 351 g/mol. The van der Waals surface area contributed by atoms with Crippen LogP contribution in [0.2, 0.25) is 0 Å². The predicted octanol–water partition coefficient (Wildman–Crippen LogP) is 2.52. The summed E-state index contributed by atoms with van der Waals surface area (Å²) in [5.41, 5.74) is -0.392. The smallest absolute Gasteiger partial charge is 0.416 e. The summed E-state index contributed by atoms with van der Waals surface area (Å²) in [6, 6.07) is 4.57. The fourth-order valence-corrected chi connectivity index (χ4v) is 3.00. The number of hydrogen-bond donors (Lipinski definition) is 2. The number of nitrogens with zero attached hydrogens (tertiary/aromatic N) is 3. The zero-order valence-corrected chi connectivity index (χ0v) is 13.8. The van der Waals surface area contributed by atoms with Gasteiger partial charge in [0.15, 0.2) is 5.82 Å². The van der Waals surface area contributed by atoms with E-state index in [0.29, 0.717) is 24.8 Å². The maximum atomic E-state index is 12.8. The van der Waals surface area contributed by atoms with Gasteiger partial charge in [0.25, 0.3) is 0 Å². The van der Waals surface area contributed by atoms with Crippen LogP contribution < -0.4 is 4.90 Å². The number of aromatic nitrogens is 2. The zero-order valence-electron chi connectivity index (χ0n) is 13.8. The Hall–Kier alpha value is -2.68. The second kappa shape index (κ2) is 6.56. The summed E-state index contributed by atoms with van der Waals surface area (Å²) in [4.78, 5) is 13.5. The lowest BCUT2D eigenvalue weighted by molar-refractivity contribution is -0.137. The Labute approximate surface area is 146 Å². The van der Waals surface area contributed by atoms with Gasteiger partial charge >= 0.3 is 6.18 Å². The third kappa shape index (κ3) is 3.22. The number of hydrogen-bond acceptors (Lipinski definition) is 5. The SMILES string of the molecule is Cc1cc(C(F)(F)F)cc(O)c1-c1ccc(N2CCC(CO)C2=O)nn1. The molecule has 0 radical (unpaired) electrons. The molecule has 9 heteroatoms. The Bertz CT molecular complexity index is 814. The average Bonchev–Trinajstić information content (AvgIpc) is 2.94. The molecule has 1 atom stereocenters. The van der Waals surface area contributed by atoms with E-state index >= 15 is 0 Å². The summed E-state index contributed by atoms with van der Waals surface area (Å²) >= 11 is 0. The van der Waals surface area contributed by atoms with Crippen molar-refractivity contribution in [2.45, 2.75) is 19.5 Å². The van der Waals surface area contributed by atoms with E-state index in [-0.39, 0.29) is 29.3 Å². The van der Waals surface area contributed by atoms with Crippen LogP contribution in [0.1, 0.15) is 17.5 Å². The minimum Gasteiger partial charge on any atom is -0.507 e. The average molecular weight is 367 g/mol. The van der Waals surface area contributed by atoms with E-state index in [2.05, 4.69) is 10.2 Å². The highest BCUT2D eigenvalue weighted by Gasteiger charge is 2.34. The fourth-order valence-electron chi connectivity index (χ4n) is 3.00. The predicted molar refractivity (Wildman–Crippen MR) is 86.4 cm³/mol. The van der Waals surface area contributed by atoms with Crippen LogP contribution >= 0.6 is 0 Å². The van der Waals surface area contributed by atoms with Gasteiger partial charge in [-0.05, 0) is 43.2 Å². The van der Waals surface area contributed by atoms with E-state index in [9.17, 15) is 23.1 Å². The third-order valence-electron chi connectivity index (χ3n) is 4.36. The number of halogens is 3. The van der Waals surface area contributed by atoms with Gasteiger partial charge in [-0.2, -0.15) is 13.2 Å². The Morgan fingerprint density at radius 3 is 2.50 bits per heavy atom. The summed E-state index contributed by atoms with van der Waals surface area (Å²) in [5, 5.41) is 27.1. The number of anilines is 1. The summed E-state index contributed by atoms with van der Waals surface area (Å²) in [6.07, 6.45) is -4.05. The molecule has 2 aromatic rings. The number of rotatable bonds is 3. The van der Waals surface area contributed by atoms with Crippen molar-refractivity contribution in [3.8, 4) is 17.0 Å². The third-order valence-corrected chi connectivity index (χ3v) is 4.36. The van der Waals surface area contributed by atoms with E-state index in [1.54, 1.807) is 0 Å². The Morgan fingerprint density at radius 2 is 2.00 bits per heavy atom. The van der Waals surface area contributed by atoms with E-state index in [0.717, 1.165) is 6.07 Å². The first-order valence-electron chi connectivity index (χ1n) is 7.89. The molecule has 1 unspecified atom stereocenters. The molecule has 1 aromatic heterocycles. The number of aromatic hydroxyl groups is 1. The van der Waals surface area contributed by atoms with Gasteiger partial charge in [0.05, 0.1) is 23.8 Å². The maximum Gasteiger partial charge on any atom is 0.416 e. The van der Waals surface area contributed by atoms with Crippen molar-refractivity contribution in [3.05, 3.63) is 35.4 Å². The number of benzene rings is 1. The molecule has 1 aliphatic heterocycles. The molecule has 1 amide bonds. The van der Waals surface area contributed by atoms with E-state index in [4.69, 9.17) is 5.11 Å². The molecule has 1 saturated heterocycles. The number of carbonyl (C=O) groups is 1. The van der Waals surface area contributed by atoms with Crippen LogP contribution in [0.15, 0.2) is 24.3 Å². The normalized spacial score (nSPS) is 17.8. The summed E-state index contributed by atoms with van der Waals surface area (Å²) in [7, 11) is 0. The van der Waals surface area contributed by atoms with Crippen molar-refractivity contribution in [3.63, 3.8) is 0 Å². The van der Waals surface area contributed by atoms with Crippen LogP contribution in [-0.4, -0.2) is 39.5 Å². The van der Waals surface area contributed by atoms with Crippen molar-refractivity contribution in [2.24, 2.45) is 5.92 Å². The lowest BCUT2D eigenvalue weighted by Gasteiger charge is -2.16. The molecular formula is C17H16F3N3O3. The first kappa shape index (κ1) is 18.1. The van der Waals surface area contributed by atoms with E-state index in [1.807, 2.05) is 0 Å². The van der Waals surface area contributed by atoms with Crippen molar-refractivity contribution < 1.29 is 28.2 Å². The number of carbonyl (C=O) groups excluding carboxylic acids is 1. The molecule has 3 rings (SSSR count). The molecule has 2 heterocycles. The minimum absolute atomic E-state index is 0.151. The molecule has 1 aliphatic rings. The lowest BCUT2D eigenvalue weighted by atomic mass is 10.0. The van der Waals surface area contributed by atoms with Gasteiger partial charge in [0, 0.05) is 12.1 Å². The van der Waals surface area contributed by atoms with Gasteiger partial charge < -0.3 is 10.2 Å². The van der Waals surface area contributed by atoms with Crippen LogP contribution in [0, 0.1) is 12.8 Å². The van der Waals surface area contributed by atoms with Crippen molar-refractivity contribution in [2.75, 3.05) is 18.1 Å². The van der Waals surface area contributed by atoms with Crippen LogP contribution in [0.3, 0.4) is 0 Å². The Morgan fingerprint density at radius 1 is 1.27 bits per heavy atom. The molecule has 138 valence electrons. The zero-order chi connectivity index (χ0) is 19.1. The molecule has 1 fully saturated rings. The topological polar surface area (TPSA) is 86.5 Å². The molecule has 0 bridgehead atoms. The van der Waals surface area contributed by atoms with Crippen molar-refractivity contribution in [1.29, 1.82) is 0 Å². The highest BCUT2D eigenvalue weighted by atomic mass is 19.4. The second-order valence-corrected chi connectivity index (χ2v) is 6.12. The van der Waals surface area contributed by atoms with Gasteiger partial charge in [-0.1, -0.05) is 0 Å². The number of aliphatic hydroxyl groups excluding tert-OH is 1. The largest absolute Gasteiger partial charge is 0.507 e. The fraction of sp³-hybridized carbons (Fsp3) is 0.353. The second-order valence-electron chi connectivity index (χ2n) is 6.12. The van der Waals surface area contributed by atoms with Crippen LogP contribution in [0.25, 0.3) is 11.3 Å².